The molecule has 0 radical (unpaired) electrons. The Kier molecular flexibility index (Phi) is 6.46. The number of hydrogen-bond acceptors (Lipinski definition) is 6. The van der Waals surface area contributed by atoms with Crippen LogP contribution in [0.1, 0.15) is 27.4 Å². The smallest absolute Gasteiger partial charge is 0.373 e. The molecule has 168 valence electrons. The summed E-state index contributed by atoms with van der Waals surface area (Å²) in [6.45, 7) is 0.280. The van der Waals surface area contributed by atoms with Gasteiger partial charge in [0.1, 0.15) is 23.8 Å². The van der Waals surface area contributed by atoms with Gasteiger partial charge in [0, 0.05) is 5.02 Å². The molecule has 1 saturated heterocycles. The number of benzene rings is 2. The van der Waals surface area contributed by atoms with E-state index in [1.54, 1.807) is 42.5 Å². The molecule has 1 aliphatic heterocycles. The maximum atomic E-state index is 12.7. The Morgan fingerprint density at radius 2 is 1.79 bits per heavy atom. The second-order valence-electron chi connectivity index (χ2n) is 7.12. The van der Waals surface area contributed by atoms with E-state index in [9.17, 15) is 14.4 Å². The molecule has 2 aromatic carbocycles. The lowest BCUT2D eigenvalue weighted by atomic mass is 10.2. The highest BCUT2D eigenvalue weighted by molar-refractivity contribution is 6.30. The number of urea groups is 1. The maximum Gasteiger partial charge on any atom is 0.373 e. The van der Waals surface area contributed by atoms with Crippen LogP contribution in [0.2, 0.25) is 5.02 Å². The SMILES string of the molecule is COC(=O)c1ccc(CN2C(=O)NC(=Cc3ccc(OCc4ccc(Cl)cc4)cc3)C2=O)o1. The normalized spacial score (nSPS) is 14.5. The summed E-state index contributed by atoms with van der Waals surface area (Å²) in [5.74, 6) is -0.204. The minimum atomic E-state index is -0.639. The molecule has 2 heterocycles. The summed E-state index contributed by atoms with van der Waals surface area (Å²) in [4.78, 5) is 37.4. The number of nitrogens with zero attached hydrogens (tertiary/aromatic N) is 1. The van der Waals surface area contributed by atoms with Crippen LogP contribution in [0.25, 0.3) is 6.08 Å². The van der Waals surface area contributed by atoms with Gasteiger partial charge in [0.05, 0.1) is 13.7 Å². The van der Waals surface area contributed by atoms with Crippen molar-refractivity contribution in [3.8, 4) is 5.75 Å². The molecule has 3 amide bonds. The summed E-state index contributed by atoms with van der Waals surface area (Å²) >= 11 is 5.88. The Hall–Kier alpha value is -4.04. The fourth-order valence-electron chi connectivity index (χ4n) is 3.12. The van der Waals surface area contributed by atoms with Crippen LogP contribution in [0.15, 0.2) is 70.8 Å². The molecule has 8 nitrogen and oxygen atoms in total. The lowest BCUT2D eigenvalue weighted by Gasteiger charge is -2.09. The van der Waals surface area contributed by atoms with Crippen LogP contribution in [-0.2, 0) is 22.7 Å². The molecule has 1 aliphatic rings. The zero-order valence-electron chi connectivity index (χ0n) is 17.5. The highest BCUT2D eigenvalue weighted by atomic mass is 35.5. The van der Waals surface area contributed by atoms with Crippen LogP contribution < -0.4 is 10.1 Å². The number of nitrogens with one attached hydrogen (secondary N) is 1. The van der Waals surface area contributed by atoms with E-state index in [0.717, 1.165) is 10.5 Å². The van der Waals surface area contributed by atoms with E-state index in [1.807, 2.05) is 12.1 Å². The van der Waals surface area contributed by atoms with Crippen LogP contribution in [0.3, 0.4) is 0 Å². The van der Waals surface area contributed by atoms with Crippen molar-refractivity contribution in [2.24, 2.45) is 0 Å². The van der Waals surface area contributed by atoms with Gasteiger partial charge in [-0.15, -0.1) is 0 Å². The summed E-state index contributed by atoms with van der Waals surface area (Å²) < 4.78 is 15.7. The second-order valence-corrected chi connectivity index (χ2v) is 7.56. The summed E-state index contributed by atoms with van der Waals surface area (Å²) in [6, 6.07) is 16.8. The first-order valence-corrected chi connectivity index (χ1v) is 10.3. The molecule has 33 heavy (non-hydrogen) atoms. The van der Waals surface area contributed by atoms with Crippen LogP contribution in [0.4, 0.5) is 4.79 Å². The van der Waals surface area contributed by atoms with Gasteiger partial charge >= 0.3 is 12.0 Å². The fourth-order valence-corrected chi connectivity index (χ4v) is 3.24. The number of hydrogen-bond donors (Lipinski definition) is 1. The van der Waals surface area contributed by atoms with E-state index < -0.39 is 17.9 Å². The van der Waals surface area contributed by atoms with Gasteiger partial charge < -0.3 is 19.2 Å². The third-order valence-corrected chi connectivity index (χ3v) is 5.09. The van der Waals surface area contributed by atoms with Crippen molar-refractivity contribution >= 4 is 35.6 Å². The first-order valence-electron chi connectivity index (χ1n) is 9.92. The van der Waals surface area contributed by atoms with Crippen molar-refractivity contribution in [3.63, 3.8) is 0 Å². The highest BCUT2D eigenvalue weighted by Crippen LogP contribution is 2.21. The Balaban J connectivity index is 1.39. The first-order chi connectivity index (χ1) is 15.9. The predicted octanol–water partition coefficient (Wildman–Crippen LogP) is 4.39. The van der Waals surface area contributed by atoms with Crippen molar-refractivity contribution in [2.45, 2.75) is 13.2 Å². The number of methoxy groups -OCH3 is 1. The zero-order valence-corrected chi connectivity index (χ0v) is 18.3. The molecule has 0 atom stereocenters. The average Bonchev–Trinajstić information content (AvgIpc) is 3.39. The minimum absolute atomic E-state index is 0.00584. The van der Waals surface area contributed by atoms with Gasteiger partial charge in [0.15, 0.2) is 0 Å². The van der Waals surface area contributed by atoms with Gasteiger partial charge in [-0.2, -0.15) is 0 Å². The molecule has 1 aromatic heterocycles. The average molecular weight is 467 g/mol. The molecular weight excluding hydrogens is 448 g/mol. The third kappa shape index (κ3) is 5.24. The van der Waals surface area contributed by atoms with Gasteiger partial charge in [-0.1, -0.05) is 35.9 Å². The molecule has 1 fully saturated rings. The molecule has 0 unspecified atom stereocenters. The summed E-state index contributed by atoms with van der Waals surface area (Å²) in [7, 11) is 1.23. The molecule has 0 saturated carbocycles. The summed E-state index contributed by atoms with van der Waals surface area (Å²) in [5, 5.41) is 3.22. The van der Waals surface area contributed by atoms with Crippen LogP contribution in [0, 0.1) is 0 Å². The van der Waals surface area contributed by atoms with E-state index in [2.05, 4.69) is 10.1 Å². The van der Waals surface area contributed by atoms with Crippen molar-refractivity contribution in [3.05, 3.63) is 94.0 Å². The van der Waals surface area contributed by atoms with Crippen molar-refractivity contribution < 1.29 is 28.3 Å². The van der Waals surface area contributed by atoms with E-state index in [-0.39, 0.29) is 23.8 Å². The van der Waals surface area contributed by atoms with E-state index in [4.69, 9.17) is 20.8 Å². The van der Waals surface area contributed by atoms with E-state index in [1.165, 1.54) is 19.2 Å². The monoisotopic (exact) mass is 466 g/mol. The predicted molar refractivity (Wildman–Crippen MR) is 119 cm³/mol. The molecule has 0 spiro atoms. The summed E-state index contributed by atoms with van der Waals surface area (Å²) in [6.07, 6.45) is 1.57. The van der Waals surface area contributed by atoms with Gasteiger partial charge in [0.2, 0.25) is 5.76 Å². The van der Waals surface area contributed by atoms with Gasteiger partial charge in [-0.25, -0.2) is 9.59 Å². The largest absolute Gasteiger partial charge is 0.489 e. The molecule has 9 heteroatoms. The van der Waals surface area contributed by atoms with E-state index >= 15 is 0 Å². The highest BCUT2D eigenvalue weighted by Gasteiger charge is 2.34. The Morgan fingerprint density at radius 1 is 1.06 bits per heavy atom. The fraction of sp³-hybridized carbons (Fsp3) is 0.125. The van der Waals surface area contributed by atoms with Gasteiger partial charge in [0.25, 0.3) is 5.91 Å². The van der Waals surface area contributed by atoms with Crippen LogP contribution >= 0.6 is 11.6 Å². The zero-order chi connectivity index (χ0) is 23.4. The molecule has 1 N–H and O–H groups in total. The Labute approximate surface area is 194 Å². The molecule has 0 bridgehead atoms. The first kappa shape index (κ1) is 22.2. The quantitative estimate of drug-likeness (QED) is 0.315. The molecular formula is C24H19ClN2O6. The number of esters is 1. The maximum absolute atomic E-state index is 12.7. The number of ether oxygens (including phenoxy) is 2. The van der Waals surface area contributed by atoms with Crippen molar-refractivity contribution in [1.82, 2.24) is 10.2 Å². The third-order valence-electron chi connectivity index (χ3n) is 4.83. The van der Waals surface area contributed by atoms with Crippen molar-refractivity contribution in [2.75, 3.05) is 7.11 Å². The Bertz CT molecular complexity index is 1210. The number of halogens is 1. The van der Waals surface area contributed by atoms with E-state index in [0.29, 0.717) is 22.9 Å². The minimum Gasteiger partial charge on any atom is -0.489 e. The van der Waals surface area contributed by atoms with Crippen molar-refractivity contribution in [1.29, 1.82) is 0 Å². The van der Waals surface area contributed by atoms with Crippen LogP contribution in [-0.4, -0.2) is 29.9 Å². The molecule has 4 rings (SSSR count). The number of carbonyl (C=O) groups is 3. The number of carbonyl (C=O) groups excluding carboxylic acids is 3. The summed E-state index contributed by atoms with van der Waals surface area (Å²) in [5.41, 5.74) is 1.83. The van der Waals surface area contributed by atoms with Crippen LogP contribution in [0.5, 0.6) is 5.75 Å². The number of rotatable bonds is 7. The van der Waals surface area contributed by atoms with Gasteiger partial charge in [-0.05, 0) is 53.6 Å². The Morgan fingerprint density at radius 3 is 2.48 bits per heavy atom. The standard InChI is InChI=1S/C24H19ClN2O6/c1-31-23(29)21-11-10-19(33-21)13-27-22(28)20(26-24(27)30)12-15-4-8-18(9-5-15)32-14-16-2-6-17(25)7-3-16/h2-12H,13-14H2,1H3,(H,26,30). The lowest BCUT2D eigenvalue weighted by molar-refractivity contribution is -0.123. The lowest BCUT2D eigenvalue weighted by Crippen LogP contribution is -2.30. The number of amides is 3. The molecule has 0 aliphatic carbocycles. The second kappa shape index (κ2) is 9.62. The number of imide groups is 1. The van der Waals surface area contributed by atoms with Gasteiger partial charge in [-0.3, -0.25) is 9.69 Å². The topological polar surface area (TPSA) is 98.1 Å². The molecule has 3 aromatic rings. The number of furan rings is 1.